The van der Waals surface area contributed by atoms with Crippen molar-refractivity contribution < 1.29 is 9.53 Å². The molecule has 0 spiro atoms. The molecular formula is C14H26N2O2. The maximum Gasteiger partial charge on any atom is 0.227 e. The number of likely N-dealkylation sites (N-methyl/N-ethyl adjacent to an activating group) is 1. The molecule has 2 rings (SSSR count). The van der Waals surface area contributed by atoms with Gasteiger partial charge in [0.15, 0.2) is 0 Å². The lowest BCUT2D eigenvalue weighted by Crippen LogP contribution is -2.43. The van der Waals surface area contributed by atoms with Gasteiger partial charge < -0.3 is 15.4 Å². The van der Waals surface area contributed by atoms with Gasteiger partial charge in [0, 0.05) is 12.6 Å². The Bertz CT molecular complexity index is 325. The number of hydrogen-bond acceptors (Lipinski definition) is 3. The second-order valence-corrected chi connectivity index (χ2v) is 6.78. The van der Waals surface area contributed by atoms with Crippen LogP contribution in [0.15, 0.2) is 0 Å². The first-order chi connectivity index (χ1) is 8.32. The van der Waals surface area contributed by atoms with Crippen LogP contribution >= 0.6 is 0 Å². The predicted octanol–water partition coefficient (Wildman–Crippen LogP) is 1.02. The summed E-state index contributed by atoms with van der Waals surface area (Å²) in [5.74, 6) is 0.662. The van der Waals surface area contributed by atoms with Crippen molar-refractivity contribution in [3.8, 4) is 0 Å². The molecule has 1 aliphatic carbocycles. The molecule has 2 atom stereocenters. The molecule has 2 aliphatic rings. The second kappa shape index (κ2) is 4.49. The smallest absolute Gasteiger partial charge is 0.227 e. The number of carbonyl (C=O) groups is 1. The molecule has 1 saturated heterocycles. The van der Waals surface area contributed by atoms with Gasteiger partial charge in [-0.1, -0.05) is 27.7 Å². The summed E-state index contributed by atoms with van der Waals surface area (Å²) in [7, 11) is 1.88. The summed E-state index contributed by atoms with van der Waals surface area (Å²) >= 11 is 0. The Morgan fingerprint density at radius 2 is 1.83 bits per heavy atom. The van der Waals surface area contributed by atoms with Crippen molar-refractivity contribution >= 4 is 5.91 Å². The highest BCUT2D eigenvalue weighted by atomic mass is 16.5. The average molecular weight is 254 g/mol. The third-order valence-corrected chi connectivity index (χ3v) is 5.59. The first kappa shape index (κ1) is 13.8. The van der Waals surface area contributed by atoms with Crippen LogP contribution in [0.2, 0.25) is 0 Å². The van der Waals surface area contributed by atoms with Crippen LogP contribution in [0.3, 0.4) is 0 Å². The number of amides is 1. The van der Waals surface area contributed by atoms with E-state index in [0.717, 1.165) is 6.54 Å². The summed E-state index contributed by atoms with van der Waals surface area (Å²) in [6.07, 6.45) is 0. The van der Waals surface area contributed by atoms with Crippen LogP contribution in [0.1, 0.15) is 27.7 Å². The quantitative estimate of drug-likeness (QED) is 0.787. The second-order valence-electron chi connectivity index (χ2n) is 6.78. The predicted molar refractivity (Wildman–Crippen MR) is 71.2 cm³/mol. The number of rotatable bonds is 4. The molecule has 1 saturated carbocycles. The lowest BCUT2D eigenvalue weighted by molar-refractivity contribution is -0.125. The van der Waals surface area contributed by atoms with E-state index < -0.39 is 0 Å². The molecular weight excluding hydrogens is 228 g/mol. The topological polar surface area (TPSA) is 50.4 Å². The van der Waals surface area contributed by atoms with Crippen molar-refractivity contribution in [2.75, 3.05) is 26.8 Å². The summed E-state index contributed by atoms with van der Waals surface area (Å²) < 4.78 is 5.36. The van der Waals surface area contributed by atoms with Gasteiger partial charge in [-0.05, 0) is 23.8 Å². The minimum atomic E-state index is -0.0417. The summed E-state index contributed by atoms with van der Waals surface area (Å²) in [6, 6.07) is 0.158. The minimum Gasteiger partial charge on any atom is -0.379 e. The van der Waals surface area contributed by atoms with E-state index in [1.165, 1.54) is 0 Å². The SMILES string of the molecule is CNC1COCC1C(=O)NCC1C(C)(C)C1(C)C. The monoisotopic (exact) mass is 254 g/mol. The van der Waals surface area contributed by atoms with Crippen LogP contribution in [-0.2, 0) is 9.53 Å². The van der Waals surface area contributed by atoms with E-state index >= 15 is 0 Å². The van der Waals surface area contributed by atoms with E-state index in [0.29, 0.717) is 30.0 Å². The van der Waals surface area contributed by atoms with E-state index in [2.05, 4.69) is 38.3 Å². The molecule has 2 N–H and O–H groups in total. The summed E-state index contributed by atoms with van der Waals surface area (Å²) in [4.78, 5) is 12.1. The standard InChI is InChI=1S/C14H26N2O2/c1-13(2)11(14(13,3)4)6-16-12(17)9-7-18-8-10(9)15-5/h9-11,15H,6-8H2,1-5H3,(H,16,17). The van der Waals surface area contributed by atoms with E-state index in [4.69, 9.17) is 4.74 Å². The van der Waals surface area contributed by atoms with Gasteiger partial charge >= 0.3 is 0 Å². The van der Waals surface area contributed by atoms with Crippen LogP contribution in [0.25, 0.3) is 0 Å². The molecule has 4 heteroatoms. The molecule has 1 aliphatic heterocycles. The van der Waals surface area contributed by atoms with Gasteiger partial charge in [0.1, 0.15) is 0 Å². The third kappa shape index (κ3) is 2.05. The molecule has 0 aromatic carbocycles. The van der Waals surface area contributed by atoms with Crippen LogP contribution < -0.4 is 10.6 Å². The van der Waals surface area contributed by atoms with Crippen molar-refractivity contribution in [3.05, 3.63) is 0 Å². The number of ether oxygens (including phenoxy) is 1. The Morgan fingerprint density at radius 1 is 1.22 bits per heavy atom. The van der Waals surface area contributed by atoms with Gasteiger partial charge in [-0.25, -0.2) is 0 Å². The van der Waals surface area contributed by atoms with Gasteiger partial charge in [-0.2, -0.15) is 0 Å². The van der Waals surface area contributed by atoms with Crippen LogP contribution in [0.4, 0.5) is 0 Å². The van der Waals surface area contributed by atoms with Crippen molar-refractivity contribution in [2.24, 2.45) is 22.7 Å². The zero-order valence-electron chi connectivity index (χ0n) is 12.2. The first-order valence-electron chi connectivity index (χ1n) is 6.85. The minimum absolute atomic E-state index is 0.0417. The molecule has 0 bridgehead atoms. The maximum absolute atomic E-state index is 12.1. The Balaban J connectivity index is 1.83. The Hall–Kier alpha value is -0.610. The fourth-order valence-electron chi connectivity index (χ4n) is 3.27. The summed E-state index contributed by atoms with van der Waals surface area (Å²) in [5, 5.41) is 6.25. The van der Waals surface area contributed by atoms with Gasteiger partial charge in [0.25, 0.3) is 0 Å². The van der Waals surface area contributed by atoms with Crippen LogP contribution in [0, 0.1) is 22.7 Å². The number of nitrogens with one attached hydrogen (secondary N) is 2. The number of carbonyl (C=O) groups excluding carboxylic acids is 1. The van der Waals surface area contributed by atoms with Crippen molar-refractivity contribution in [1.29, 1.82) is 0 Å². The maximum atomic E-state index is 12.1. The van der Waals surface area contributed by atoms with Crippen LogP contribution in [0.5, 0.6) is 0 Å². The largest absolute Gasteiger partial charge is 0.379 e. The lowest BCUT2D eigenvalue weighted by Gasteiger charge is -2.16. The average Bonchev–Trinajstić information content (AvgIpc) is 2.70. The summed E-state index contributed by atoms with van der Waals surface area (Å²) in [5.41, 5.74) is 0.656. The fraction of sp³-hybridized carbons (Fsp3) is 0.929. The molecule has 1 amide bonds. The van der Waals surface area contributed by atoms with Crippen LogP contribution in [-0.4, -0.2) is 38.8 Å². The molecule has 1 heterocycles. The van der Waals surface area contributed by atoms with E-state index in [1.54, 1.807) is 0 Å². The van der Waals surface area contributed by atoms with Gasteiger partial charge in [-0.3, -0.25) is 4.79 Å². The molecule has 0 aromatic rings. The molecule has 4 nitrogen and oxygen atoms in total. The zero-order valence-corrected chi connectivity index (χ0v) is 12.2. The molecule has 0 radical (unpaired) electrons. The Kier molecular flexibility index (Phi) is 3.45. The third-order valence-electron chi connectivity index (χ3n) is 5.59. The highest BCUT2D eigenvalue weighted by Gasteiger charge is 2.64. The van der Waals surface area contributed by atoms with Gasteiger partial charge in [0.2, 0.25) is 5.91 Å². The highest BCUT2D eigenvalue weighted by molar-refractivity contribution is 5.80. The van der Waals surface area contributed by atoms with Gasteiger partial charge in [-0.15, -0.1) is 0 Å². The molecule has 104 valence electrons. The Labute approximate surface area is 110 Å². The zero-order chi connectivity index (χ0) is 13.6. The van der Waals surface area contributed by atoms with Gasteiger partial charge in [0.05, 0.1) is 19.1 Å². The Morgan fingerprint density at radius 3 is 2.33 bits per heavy atom. The normalized spacial score (nSPS) is 33.4. The van der Waals surface area contributed by atoms with Crippen molar-refractivity contribution in [3.63, 3.8) is 0 Å². The lowest BCUT2D eigenvalue weighted by atomic mass is 10.0. The molecule has 0 aromatic heterocycles. The molecule has 2 fully saturated rings. The number of hydrogen-bond donors (Lipinski definition) is 2. The highest BCUT2D eigenvalue weighted by Crippen LogP contribution is 2.67. The van der Waals surface area contributed by atoms with Crippen molar-refractivity contribution in [1.82, 2.24) is 10.6 Å². The van der Waals surface area contributed by atoms with E-state index in [1.807, 2.05) is 7.05 Å². The van der Waals surface area contributed by atoms with Crippen molar-refractivity contribution in [2.45, 2.75) is 33.7 Å². The molecule has 2 unspecified atom stereocenters. The van der Waals surface area contributed by atoms with E-state index in [9.17, 15) is 4.79 Å². The van der Waals surface area contributed by atoms with E-state index in [-0.39, 0.29) is 17.9 Å². The molecule has 18 heavy (non-hydrogen) atoms. The first-order valence-corrected chi connectivity index (χ1v) is 6.85. The fourth-order valence-corrected chi connectivity index (χ4v) is 3.27. The summed E-state index contributed by atoms with van der Waals surface area (Å²) in [6.45, 7) is 11.1.